The molecule has 0 aromatic heterocycles. The largest absolute Gasteiger partial charge is 0.391 e. The zero-order valence-corrected chi connectivity index (χ0v) is 8.66. The van der Waals surface area contributed by atoms with Crippen LogP contribution in [-0.2, 0) is 4.79 Å². The highest BCUT2D eigenvalue weighted by Crippen LogP contribution is 2.24. The third-order valence-corrected chi connectivity index (χ3v) is 2.94. The van der Waals surface area contributed by atoms with E-state index in [1.807, 2.05) is 0 Å². The third kappa shape index (κ3) is 2.44. The topological polar surface area (TPSA) is 40.5 Å². The van der Waals surface area contributed by atoms with Crippen molar-refractivity contribution in [3.05, 3.63) is 0 Å². The number of β-amino-alcohol motifs (C(OH)–C–C–N with tert-alkyl or cyclic N) is 1. The average Bonchev–Trinajstić information content (AvgIpc) is 2.03. The lowest BCUT2D eigenvalue weighted by Gasteiger charge is -2.37. The lowest BCUT2D eigenvalue weighted by atomic mass is 9.84. The van der Waals surface area contributed by atoms with Gasteiger partial charge in [-0.15, -0.1) is 0 Å². The number of amides is 1. The summed E-state index contributed by atoms with van der Waals surface area (Å²) >= 11 is 0. The SMILES string of the molecule is CC(=O)N1CC[C@H](C(C)C)[C@@H](O)C1. The van der Waals surface area contributed by atoms with Gasteiger partial charge in [-0.25, -0.2) is 0 Å². The van der Waals surface area contributed by atoms with Gasteiger partial charge in [0.25, 0.3) is 0 Å². The number of carbonyl (C=O) groups excluding carboxylic acids is 1. The third-order valence-electron chi connectivity index (χ3n) is 2.94. The van der Waals surface area contributed by atoms with Crippen molar-refractivity contribution in [3.8, 4) is 0 Å². The van der Waals surface area contributed by atoms with Crippen molar-refractivity contribution < 1.29 is 9.90 Å². The van der Waals surface area contributed by atoms with Crippen molar-refractivity contribution >= 4 is 5.91 Å². The van der Waals surface area contributed by atoms with E-state index in [2.05, 4.69) is 13.8 Å². The molecule has 0 aliphatic carbocycles. The molecule has 0 bridgehead atoms. The number of aliphatic hydroxyl groups is 1. The second-order valence-electron chi connectivity index (χ2n) is 4.23. The van der Waals surface area contributed by atoms with Crippen molar-refractivity contribution in [3.63, 3.8) is 0 Å². The molecule has 0 radical (unpaired) electrons. The van der Waals surface area contributed by atoms with Crippen LogP contribution in [0.3, 0.4) is 0 Å². The first-order valence-corrected chi connectivity index (χ1v) is 4.96. The molecule has 0 spiro atoms. The summed E-state index contributed by atoms with van der Waals surface area (Å²) in [7, 11) is 0. The monoisotopic (exact) mass is 185 g/mol. The Kier molecular flexibility index (Phi) is 3.31. The summed E-state index contributed by atoms with van der Waals surface area (Å²) in [4.78, 5) is 12.8. The Labute approximate surface area is 79.7 Å². The van der Waals surface area contributed by atoms with Gasteiger partial charge in [0.1, 0.15) is 0 Å². The predicted molar refractivity (Wildman–Crippen MR) is 51.2 cm³/mol. The summed E-state index contributed by atoms with van der Waals surface area (Å²) in [6, 6.07) is 0. The zero-order valence-electron chi connectivity index (χ0n) is 8.66. The van der Waals surface area contributed by atoms with Gasteiger partial charge in [0.15, 0.2) is 0 Å². The fourth-order valence-corrected chi connectivity index (χ4v) is 2.01. The van der Waals surface area contributed by atoms with Gasteiger partial charge in [-0.3, -0.25) is 4.79 Å². The molecule has 1 aliphatic rings. The number of rotatable bonds is 1. The Morgan fingerprint density at radius 3 is 2.54 bits per heavy atom. The standard InChI is InChI=1S/C10H19NO2/c1-7(2)9-4-5-11(8(3)12)6-10(9)13/h7,9-10,13H,4-6H2,1-3H3/t9-,10+/m1/s1. The number of carbonyl (C=O) groups is 1. The molecule has 3 heteroatoms. The van der Waals surface area contributed by atoms with Crippen molar-refractivity contribution in [2.45, 2.75) is 33.3 Å². The predicted octanol–water partition coefficient (Wildman–Crippen LogP) is 0.872. The molecule has 1 amide bonds. The van der Waals surface area contributed by atoms with E-state index >= 15 is 0 Å². The van der Waals surface area contributed by atoms with E-state index in [-0.39, 0.29) is 12.0 Å². The van der Waals surface area contributed by atoms with E-state index in [0.717, 1.165) is 13.0 Å². The molecule has 13 heavy (non-hydrogen) atoms. The molecule has 1 N–H and O–H groups in total. The number of aliphatic hydroxyl groups excluding tert-OH is 1. The van der Waals surface area contributed by atoms with E-state index in [1.54, 1.807) is 11.8 Å². The van der Waals surface area contributed by atoms with E-state index in [9.17, 15) is 9.90 Å². The highest BCUT2D eigenvalue weighted by Gasteiger charge is 2.30. The molecule has 1 fully saturated rings. The summed E-state index contributed by atoms with van der Waals surface area (Å²) < 4.78 is 0. The maximum Gasteiger partial charge on any atom is 0.219 e. The van der Waals surface area contributed by atoms with Gasteiger partial charge in [0.05, 0.1) is 6.10 Å². The minimum atomic E-state index is -0.336. The fraction of sp³-hybridized carbons (Fsp3) is 0.900. The molecule has 1 heterocycles. The number of hydrogen-bond donors (Lipinski definition) is 1. The number of nitrogens with zero attached hydrogens (tertiary/aromatic N) is 1. The Morgan fingerprint density at radius 2 is 2.15 bits per heavy atom. The van der Waals surface area contributed by atoms with Crippen LogP contribution in [-0.4, -0.2) is 35.1 Å². The van der Waals surface area contributed by atoms with Crippen LogP contribution in [0.4, 0.5) is 0 Å². The van der Waals surface area contributed by atoms with Gasteiger partial charge >= 0.3 is 0 Å². The smallest absolute Gasteiger partial charge is 0.219 e. The van der Waals surface area contributed by atoms with Gasteiger partial charge in [0.2, 0.25) is 5.91 Å². The maximum absolute atomic E-state index is 11.0. The van der Waals surface area contributed by atoms with Crippen LogP contribution in [0.5, 0.6) is 0 Å². The molecule has 76 valence electrons. The molecule has 0 saturated carbocycles. The Balaban J connectivity index is 2.51. The highest BCUT2D eigenvalue weighted by atomic mass is 16.3. The van der Waals surface area contributed by atoms with Gasteiger partial charge in [-0.2, -0.15) is 0 Å². The van der Waals surface area contributed by atoms with E-state index in [1.165, 1.54) is 0 Å². The lowest BCUT2D eigenvalue weighted by Crippen LogP contribution is -2.47. The summed E-state index contributed by atoms with van der Waals surface area (Å²) in [5, 5.41) is 9.76. The lowest BCUT2D eigenvalue weighted by molar-refractivity contribution is -0.133. The van der Waals surface area contributed by atoms with E-state index in [0.29, 0.717) is 18.4 Å². The number of hydrogen-bond acceptors (Lipinski definition) is 2. The van der Waals surface area contributed by atoms with Gasteiger partial charge in [0, 0.05) is 20.0 Å². The second-order valence-corrected chi connectivity index (χ2v) is 4.23. The van der Waals surface area contributed by atoms with Crippen molar-refractivity contribution in [1.29, 1.82) is 0 Å². The van der Waals surface area contributed by atoms with Crippen molar-refractivity contribution in [2.24, 2.45) is 11.8 Å². The van der Waals surface area contributed by atoms with Crippen LogP contribution >= 0.6 is 0 Å². The quantitative estimate of drug-likeness (QED) is 0.658. The first-order chi connectivity index (χ1) is 6.02. The van der Waals surface area contributed by atoms with Crippen molar-refractivity contribution in [1.82, 2.24) is 4.90 Å². The summed E-state index contributed by atoms with van der Waals surface area (Å²) in [6.07, 6.45) is 0.593. The first kappa shape index (κ1) is 10.5. The summed E-state index contributed by atoms with van der Waals surface area (Å²) in [5.41, 5.74) is 0. The van der Waals surface area contributed by atoms with Crippen LogP contribution in [0, 0.1) is 11.8 Å². The number of likely N-dealkylation sites (tertiary alicyclic amines) is 1. The van der Waals surface area contributed by atoms with Crippen LogP contribution < -0.4 is 0 Å². The molecular formula is C10H19NO2. The maximum atomic E-state index is 11.0. The second kappa shape index (κ2) is 4.09. The minimum Gasteiger partial charge on any atom is -0.391 e. The summed E-state index contributed by atoms with van der Waals surface area (Å²) in [6.45, 7) is 7.12. The molecule has 1 rings (SSSR count). The molecule has 2 atom stereocenters. The zero-order chi connectivity index (χ0) is 10.0. The minimum absolute atomic E-state index is 0.0706. The summed E-state index contributed by atoms with van der Waals surface area (Å²) in [5.74, 6) is 0.931. The molecule has 3 nitrogen and oxygen atoms in total. The highest BCUT2D eigenvalue weighted by molar-refractivity contribution is 5.73. The van der Waals surface area contributed by atoms with Crippen LogP contribution in [0.15, 0.2) is 0 Å². The van der Waals surface area contributed by atoms with Gasteiger partial charge in [-0.05, 0) is 18.3 Å². The van der Waals surface area contributed by atoms with E-state index in [4.69, 9.17) is 0 Å². The normalized spacial score (nSPS) is 29.5. The fourth-order valence-electron chi connectivity index (χ4n) is 2.01. The van der Waals surface area contributed by atoms with E-state index < -0.39 is 0 Å². The molecule has 0 aromatic carbocycles. The number of piperidine rings is 1. The molecule has 1 aliphatic heterocycles. The Morgan fingerprint density at radius 1 is 1.54 bits per heavy atom. The Bertz CT molecular complexity index is 191. The Hall–Kier alpha value is -0.570. The first-order valence-electron chi connectivity index (χ1n) is 4.96. The average molecular weight is 185 g/mol. The molecule has 1 saturated heterocycles. The molecular weight excluding hydrogens is 166 g/mol. The van der Waals surface area contributed by atoms with Crippen LogP contribution in [0.1, 0.15) is 27.2 Å². The van der Waals surface area contributed by atoms with Gasteiger partial charge in [-0.1, -0.05) is 13.8 Å². The van der Waals surface area contributed by atoms with Gasteiger partial charge < -0.3 is 10.0 Å². The van der Waals surface area contributed by atoms with Crippen LogP contribution in [0.25, 0.3) is 0 Å². The van der Waals surface area contributed by atoms with Crippen molar-refractivity contribution in [2.75, 3.05) is 13.1 Å². The molecule has 0 unspecified atom stereocenters. The molecule has 0 aromatic rings. The van der Waals surface area contributed by atoms with Crippen LogP contribution in [0.2, 0.25) is 0 Å².